The monoisotopic (exact) mass is 212 g/mol. The van der Waals surface area contributed by atoms with E-state index in [1.54, 1.807) is 12.1 Å². The quantitative estimate of drug-likeness (QED) is 0.629. The molecule has 1 rings (SSSR count). The van der Waals surface area contributed by atoms with Crippen molar-refractivity contribution in [2.45, 2.75) is 12.2 Å². The van der Waals surface area contributed by atoms with Crippen LogP contribution in [0.4, 0.5) is 5.82 Å². The topological polar surface area (TPSA) is 76.8 Å². The lowest BCUT2D eigenvalue weighted by Gasteiger charge is -2.17. The molecular weight excluding hydrogens is 196 g/mol. The third-order valence-corrected chi connectivity index (χ3v) is 2.12. The summed E-state index contributed by atoms with van der Waals surface area (Å²) in [4.78, 5) is 5.92. The molecule has 15 heavy (non-hydrogen) atoms. The van der Waals surface area contributed by atoms with E-state index < -0.39 is 18.8 Å². The van der Waals surface area contributed by atoms with Crippen molar-refractivity contribution >= 4 is 5.82 Å². The molecule has 0 radical (unpaired) electrons. The summed E-state index contributed by atoms with van der Waals surface area (Å²) in [5.41, 5.74) is 0.488. The Morgan fingerprint density at radius 1 is 1.33 bits per heavy atom. The third-order valence-electron chi connectivity index (χ3n) is 2.12. The van der Waals surface area contributed by atoms with Gasteiger partial charge in [0.1, 0.15) is 18.0 Å². The molecule has 0 fully saturated rings. The number of pyridine rings is 1. The van der Waals surface area contributed by atoms with Gasteiger partial charge < -0.3 is 20.2 Å². The molecule has 0 aliphatic heterocycles. The van der Waals surface area contributed by atoms with Gasteiger partial charge in [0.05, 0.1) is 6.61 Å². The van der Waals surface area contributed by atoms with Gasteiger partial charge in [-0.15, -0.1) is 0 Å². The summed E-state index contributed by atoms with van der Waals surface area (Å²) < 4.78 is 0. The van der Waals surface area contributed by atoms with Crippen molar-refractivity contribution in [1.82, 2.24) is 4.98 Å². The molecule has 5 nitrogen and oxygen atoms in total. The Balaban J connectivity index is 2.79. The Kier molecular flexibility index (Phi) is 4.02. The van der Waals surface area contributed by atoms with Crippen LogP contribution in [0.5, 0.6) is 0 Å². The van der Waals surface area contributed by atoms with E-state index in [2.05, 4.69) is 4.98 Å². The van der Waals surface area contributed by atoms with Crippen molar-refractivity contribution in [2.24, 2.45) is 0 Å². The summed E-state index contributed by atoms with van der Waals surface area (Å²) in [5, 5.41) is 27.4. The first-order chi connectivity index (χ1) is 7.06. The fourth-order valence-electron chi connectivity index (χ4n) is 1.16. The van der Waals surface area contributed by atoms with Gasteiger partial charge in [0.25, 0.3) is 0 Å². The van der Waals surface area contributed by atoms with E-state index in [-0.39, 0.29) is 0 Å². The maximum absolute atomic E-state index is 9.55. The van der Waals surface area contributed by atoms with Crippen molar-refractivity contribution in [3.8, 4) is 0 Å². The summed E-state index contributed by atoms with van der Waals surface area (Å²) in [6, 6.07) is 3.41. The van der Waals surface area contributed by atoms with Crippen LogP contribution in [0.25, 0.3) is 0 Å². The number of aliphatic hydroxyl groups is 3. The van der Waals surface area contributed by atoms with E-state index in [4.69, 9.17) is 5.11 Å². The fourth-order valence-corrected chi connectivity index (χ4v) is 1.16. The van der Waals surface area contributed by atoms with Crippen LogP contribution in [-0.4, -0.2) is 47.1 Å². The predicted molar refractivity (Wildman–Crippen MR) is 56.6 cm³/mol. The van der Waals surface area contributed by atoms with Crippen LogP contribution in [0.15, 0.2) is 18.3 Å². The Bertz CT molecular complexity index is 300. The molecule has 2 atom stereocenters. The first-order valence-corrected chi connectivity index (χ1v) is 4.66. The number of hydrogen-bond donors (Lipinski definition) is 3. The second-order valence-electron chi connectivity index (χ2n) is 3.54. The number of nitrogens with zero attached hydrogens (tertiary/aromatic N) is 2. The summed E-state index contributed by atoms with van der Waals surface area (Å²) in [6.07, 6.45) is -0.783. The molecule has 0 saturated heterocycles. The van der Waals surface area contributed by atoms with Gasteiger partial charge in [-0.3, -0.25) is 0 Å². The van der Waals surface area contributed by atoms with Crippen molar-refractivity contribution in [3.05, 3.63) is 23.9 Å². The highest BCUT2D eigenvalue weighted by Gasteiger charge is 2.17. The molecule has 1 aromatic rings. The minimum Gasteiger partial charge on any atom is -0.394 e. The normalized spacial score (nSPS) is 14.7. The highest BCUT2D eigenvalue weighted by molar-refractivity contribution is 5.37. The molecule has 0 bridgehead atoms. The van der Waals surface area contributed by atoms with Crippen molar-refractivity contribution in [1.29, 1.82) is 0 Å². The SMILES string of the molecule is CN(C)c1ccc(C(O)C(O)CO)cn1. The van der Waals surface area contributed by atoms with Crippen LogP contribution in [0.3, 0.4) is 0 Å². The Morgan fingerprint density at radius 3 is 2.40 bits per heavy atom. The lowest BCUT2D eigenvalue weighted by atomic mass is 10.1. The fraction of sp³-hybridized carbons (Fsp3) is 0.500. The molecule has 0 aliphatic rings. The van der Waals surface area contributed by atoms with Gasteiger partial charge in [0.15, 0.2) is 0 Å². The van der Waals surface area contributed by atoms with E-state index in [9.17, 15) is 10.2 Å². The van der Waals surface area contributed by atoms with E-state index in [0.29, 0.717) is 5.56 Å². The molecule has 0 aliphatic carbocycles. The van der Waals surface area contributed by atoms with Gasteiger partial charge in [0.2, 0.25) is 0 Å². The molecule has 5 heteroatoms. The largest absolute Gasteiger partial charge is 0.394 e. The maximum Gasteiger partial charge on any atom is 0.127 e. The predicted octanol–water partition coefficient (Wildman–Crippen LogP) is -0.466. The zero-order chi connectivity index (χ0) is 11.4. The summed E-state index contributed by atoms with van der Waals surface area (Å²) >= 11 is 0. The molecule has 0 saturated carbocycles. The van der Waals surface area contributed by atoms with E-state index in [0.717, 1.165) is 5.82 Å². The lowest BCUT2D eigenvalue weighted by Crippen LogP contribution is -2.22. The van der Waals surface area contributed by atoms with Crippen LogP contribution < -0.4 is 4.90 Å². The van der Waals surface area contributed by atoms with Gasteiger partial charge in [-0.1, -0.05) is 6.07 Å². The third kappa shape index (κ3) is 2.89. The Hall–Kier alpha value is -1.17. The van der Waals surface area contributed by atoms with Gasteiger partial charge in [-0.25, -0.2) is 4.98 Å². The highest BCUT2D eigenvalue weighted by Crippen LogP contribution is 2.17. The van der Waals surface area contributed by atoms with Crippen LogP contribution >= 0.6 is 0 Å². The molecule has 0 amide bonds. The molecule has 1 aromatic heterocycles. The van der Waals surface area contributed by atoms with Crippen LogP contribution in [-0.2, 0) is 0 Å². The minimum atomic E-state index is -1.17. The summed E-state index contributed by atoms with van der Waals surface area (Å²) in [5.74, 6) is 0.768. The second-order valence-corrected chi connectivity index (χ2v) is 3.54. The molecule has 84 valence electrons. The van der Waals surface area contributed by atoms with Crippen LogP contribution in [0.1, 0.15) is 11.7 Å². The van der Waals surface area contributed by atoms with Gasteiger partial charge in [-0.05, 0) is 6.07 Å². The zero-order valence-electron chi connectivity index (χ0n) is 8.83. The molecule has 2 unspecified atom stereocenters. The molecular formula is C10H16N2O3. The van der Waals surface area contributed by atoms with Crippen molar-refractivity contribution in [3.63, 3.8) is 0 Å². The number of rotatable bonds is 4. The van der Waals surface area contributed by atoms with Gasteiger partial charge in [0, 0.05) is 25.9 Å². The number of aromatic nitrogens is 1. The zero-order valence-corrected chi connectivity index (χ0v) is 8.83. The number of hydrogen-bond acceptors (Lipinski definition) is 5. The smallest absolute Gasteiger partial charge is 0.127 e. The second kappa shape index (κ2) is 5.06. The van der Waals surface area contributed by atoms with Gasteiger partial charge >= 0.3 is 0 Å². The molecule has 0 spiro atoms. The number of aliphatic hydroxyl groups excluding tert-OH is 3. The van der Waals surface area contributed by atoms with E-state index in [1.165, 1.54) is 6.20 Å². The molecule has 1 heterocycles. The van der Waals surface area contributed by atoms with Crippen LogP contribution in [0.2, 0.25) is 0 Å². The van der Waals surface area contributed by atoms with Crippen molar-refractivity contribution in [2.75, 3.05) is 25.6 Å². The van der Waals surface area contributed by atoms with Crippen molar-refractivity contribution < 1.29 is 15.3 Å². The Labute approximate surface area is 88.6 Å². The maximum atomic E-state index is 9.55. The minimum absolute atomic E-state index is 0.476. The van der Waals surface area contributed by atoms with Crippen LogP contribution in [0, 0.1) is 0 Å². The molecule has 0 aromatic carbocycles. The van der Waals surface area contributed by atoms with E-state index >= 15 is 0 Å². The number of anilines is 1. The highest BCUT2D eigenvalue weighted by atomic mass is 16.4. The standard InChI is InChI=1S/C10H16N2O3/c1-12(2)9-4-3-7(5-11-9)10(15)8(14)6-13/h3-5,8,10,13-15H,6H2,1-2H3. The summed E-state index contributed by atoms with van der Waals surface area (Å²) in [6.45, 7) is -0.476. The summed E-state index contributed by atoms with van der Waals surface area (Å²) in [7, 11) is 3.72. The van der Waals surface area contributed by atoms with E-state index in [1.807, 2.05) is 19.0 Å². The lowest BCUT2D eigenvalue weighted by molar-refractivity contribution is -0.0154. The average Bonchev–Trinajstić information content (AvgIpc) is 2.27. The van der Waals surface area contributed by atoms with Gasteiger partial charge in [-0.2, -0.15) is 0 Å². The average molecular weight is 212 g/mol. The first-order valence-electron chi connectivity index (χ1n) is 4.66. The molecule has 3 N–H and O–H groups in total. The Morgan fingerprint density at radius 2 is 2.00 bits per heavy atom. The first kappa shape index (κ1) is 11.9.